The number of rotatable bonds is 5. The largest absolute Gasteiger partial charge is 0.359 e. The smallest absolute Gasteiger partial charge is 0.320 e. The van der Waals surface area contributed by atoms with Crippen molar-refractivity contribution >= 4 is 11.8 Å². The van der Waals surface area contributed by atoms with Gasteiger partial charge in [0.2, 0.25) is 0 Å². The number of ether oxygens (including phenoxy) is 2. The van der Waals surface area contributed by atoms with E-state index in [1.807, 2.05) is 20.8 Å². The number of carbonyl (C=O) groups is 1. The Morgan fingerprint density at radius 2 is 2.05 bits per heavy atom. The van der Waals surface area contributed by atoms with Crippen LogP contribution in [0.3, 0.4) is 0 Å². The summed E-state index contributed by atoms with van der Waals surface area (Å²) >= 11 is 0. The second-order valence-electron chi connectivity index (χ2n) is 5.06. The molecule has 0 fully saturated rings. The van der Waals surface area contributed by atoms with E-state index in [0.717, 1.165) is 0 Å². The number of urea groups is 1. The third-order valence-corrected chi connectivity index (χ3v) is 2.45. The summed E-state index contributed by atoms with van der Waals surface area (Å²) in [6.07, 6.45) is -0.479. The summed E-state index contributed by atoms with van der Waals surface area (Å²) in [6, 6.07) is 1.30. The van der Waals surface area contributed by atoms with Gasteiger partial charge in [0.1, 0.15) is 5.76 Å². The van der Waals surface area contributed by atoms with Gasteiger partial charge in [0, 0.05) is 25.7 Å². The van der Waals surface area contributed by atoms with E-state index in [1.165, 1.54) is 14.2 Å². The Balaban J connectivity index is 2.47. The van der Waals surface area contributed by atoms with Crippen LogP contribution in [0, 0.1) is 0 Å². The first-order chi connectivity index (χ1) is 8.86. The molecule has 1 aromatic rings. The van der Waals surface area contributed by atoms with Crippen LogP contribution in [0.5, 0.6) is 0 Å². The van der Waals surface area contributed by atoms with Crippen molar-refractivity contribution in [3.63, 3.8) is 0 Å². The standard InChI is InChI=1S/C12H21N3O4/c1-12(2,3)8-6-9(15-19-8)14-11(16)13-7-10(17-4)18-5/h6,10H,7H2,1-5H3,(H2,13,14,15,16). The molecule has 0 bridgehead atoms. The summed E-state index contributed by atoms with van der Waals surface area (Å²) in [4.78, 5) is 11.6. The highest BCUT2D eigenvalue weighted by molar-refractivity contribution is 5.88. The summed E-state index contributed by atoms with van der Waals surface area (Å²) in [5.74, 6) is 1.07. The molecule has 108 valence electrons. The minimum Gasteiger partial charge on any atom is -0.359 e. The number of hydrogen-bond acceptors (Lipinski definition) is 5. The quantitative estimate of drug-likeness (QED) is 0.796. The van der Waals surface area contributed by atoms with E-state index in [-0.39, 0.29) is 12.0 Å². The highest BCUT2D eigenvalue weighted by Crippen LogP contribution is 2.24. The SMILES string of the molecule is COC(CNC(=O)Nc1cc(C(C)(C)C)on1)OC. The maximum Gasteiger partial charge on any atom is 0.320 e. The molecule has 0 atom stereocenters. The van der Waals surface area contributed by atoms with E-state index in [2.05, 4.69) is 15.8 Å². The molecule has 0 spiro atoms. The van der Waals surface area contributed by atoms with E-state index < -0.39 is 12.3 Å². The van der Waals surface area contributed by atoms with Gasteiger partial charge in [-0.05, 0) is 0 Å². The fourth-order valence-electron chi connectivity index (χ4n) is 1.29. The number of methoxy groups -OCH3 is 2. The van der Waals surface area contributed by atoms with E-state index in [9.17, 15) is 4.79 Å². The minimum atomic E-state index is -0.479. The first kappa shape index (κ1) is 15.5. The van der Waals surface area contributed by atoms with Crippen molar-refractivity contribution in [2.45, 2.75) is 32.5 Å². The van der Waals surface area contributed by atoms with Gasteiger partial charge >= 0.3 is 6.03 Å². The molecule has 19 heavy (non-hydrogen) atoms. The predicted molar refractivity (Wildman–Crippen MR) is 70.0 cm³/mol. The topological polar surface area (TPSA) is 85.6 Å². The molecular weight excluding hydrogens is 250 g/mol. The van der Waals surface area contributed by atoms with E-state index >= 15 is 0 Å². The molecule has 2 N–H and O–H groups in total. The second-order valence-corrected chi connectivity index (χ2v) is 5.06. The molecule has 0 aliphatic carbocycles. The van der Waals surface area contributed by atoms with E-state index in [1.54, 1.807) is 6.07 Å². The van der Waals surface area contributed by atoms with Gasteiger partial charge in [0.25, 0.3) is 0 Å². The molecule has 1 aromatic heterocycles. The van der Waals surface area contributed by atoms with E-state index in [4.69, 9.17) is 14.0 Å². The van der Waals surface area contributed by atoms with Gasteiger partial charge in [-0.15, -0.1) is 0 Å². The van der Waals surface area contributed by atoms with Crippen molar-refractivity contribution in [2.75, 3.05) is 26.1 Å². The molecule has 0 aromatic carbocycles. The Morgan fingerprint density at radius 1 is 1.42 bits per heavy atom. The van der Waals surface area contributed by atoms with Crippen molar-refractivity contribution in [3.05, 3.63) is 11.8 Å². The summed E-state index contributed by atoms with van der Waals surface area (Å²) in [5, 5.41) is 8.95. The van der Waals surface area contributed by atoms with E-state index in [0.29, 0.717) is 11.6 Å². The average molecular weight is 271 g/mol. The van der Waals surface area contributed by atoms with Crippen LogP contribution >= 0.6 is 0 Å². The summed E-state index contributed by atoms with van der Waals surface area (Å²) < 4.78 is 15.1. The number of aromatic nitrogens is 1. The van der Waals surface area contributed by atoms with Crippen LogP contribution in [0.15, 0.2) is 10.6 Å². The van der Waals surface area contributed by atoms with Gasteiger partial charge in [-0.3, -0.25) is 5.32 Å². The van der Waals surface area contributed by atoms with Gasteiger partial charge in [-0.25, -0.2) is 4.79 Å². The van der Waals surface area contributed by atoms with Gasteiger partial charge in [-0.1, -0.05) is 25.9 Å². The number of nitrogens with one attached hydrogen (secondary N) is 2. The average Bonchev–Trinajstić information content (AvgIpc) is 2.78. The van der Waals surface area contributed by atoms with Crippen molar-refractivity contribution in [1.82, 2.24) is 10.5 Å². The molecule has 0 saturated heterocycles. The third-order valence-electron chi connectivity index (χ3n) is 2.45. The van der Waals surface area contributed by atoms with Crippen molar-refractivity contribution in [3.8, 4) is 0 Å². The lowest BCUT2D eigenvalue weighted by Gasteiger charge is -2.13. The molecule has 0 saturated carbocycles. The molecule has 7 heteroatoms. The number of carbonyl (C=O) groups excluding carboxylic acids is 1. The van der Waals surface area contributed by atoms with Crippen LogP contribution in [0.2, 0.25) is 0 Å². The zero-order chi connectivity index (χ0) is 14.5. The van der Waals surface area contributed by atoms with Crippen molar-refractivity contribution in [1.29, 1.82) is 0 Å². The zero-order valence-corrected chi connectivity index (χ0v) is 11.9. The van der Waals surface area contributed by atoms with Crippen molar-refractivity contribution in [2.24, 2.45) is 0 Å². The fraction of sp³-hybridized carbons (Fsp3) is 0.667. The highest BCUT2D eigenvalue weighted by atomic mass is 16.7. The van der Waals surface area contributed by atoms with Crippen LogP contribution in [0.25, 0.3) is 0 Å². The Labute approximate surface area is 112 Å². The molecule has 2 amide bonds. The molecule has 0 aliphatic rings. The number of anilines is 1. The predicted octanol–water partition coefficient (Wildman–Crippen LogP) is 1.71. The summed E-state index contributed by atoms with van der Waals surface area (Å²) in [6.45, 7) is 6.24. The normalized spacial score (nSPS) is 11.7. The van der Waals surface area contributed by atoms with Crippen LogP contribution in [-0.4, -0.2) is 38.2 Å². The molecular formula is C12H21N3O4. The first-order valence-electron chi connectivity index (χ1n) is 5.94. The number of hydrogen-bond donors (Lipinski definition) is 2. The molecule has 1 rings (SSSR count). The maximum atomic E-state index is 11.6. The van der Waals surface area contributed by atoms with Crippen LogP contribution < -0.4 is 10.6 Å². The zero-order valence-electron chi connectivity index (χ0n) is 11.9. The lowest BCUT2D eigenvalue weighted by Crippen LogP contribution is -2.36. The van der Waals surface area contributed by atoms with Gasteiger partial charge in [-0.2, -0.15) is 0 Å². The maximum absolute atomic E-state index is 11.6. The Bertz CT molecular complexity index is 407. The second kappa shape index (κ2) is 6.53. The molecule has 0 radical (unpaired) electrons. The minimum absolute atomic E-state index is 0.152. The van der Waals surface area contributed by atoms with Crippen LogP contribution in [0.1, 0.15) is 26.5 Å². The molecule has 0 unspecified atom stereocenters. The number of nitrogens with zero attached hydrogens (tertiary/aromatic N) is 1. The van der Waals surface area contributed by atoms with Crippen LogP contribution in [0.4, 0.5) is 10.6 Å². The fourth-order valence-corrected chi connectivity index (χ4v) is 1.29. The molecule has 7 nitrogen and oxygen atoms in total. The summed E-state index contributed by atoms with van der Waals surface area (Å²) in [7, 11) is 3.00. The lowest BCUT2D eigenvalue weighted by molar-refractivity contribution is -0.0970. The monoisotopic (exact) mass is 271 g/mol. The molecule has 0 aliphatic heterocycles. The van der Waals surface area contributed by atoms with Gasteiger partial charge in [0.05, 0.1) is 6.54 Å². The highest BCUT2D eigenvalue weighted by Gasteiger charge is 2.20. The van der Waals surface area contributed by atoms with Crippen molar-refractivity contribution < 1.29 is 18.8 Å². The van der Waals surface area contributed by atoms with Gasteiger partial charge < -0.3 is 19.3 Å². The Hall–Kier alpha value is -1.60. The van der Waals surface area contributed by atoms with Gasteiger partial charge in [0.15, 0.2) is 12.1 Å². The Kier molecular flexibility index (Phi) is 5.31. The lowest BCUT2D eigenvalue weighted by atomic mass is 9.93. The molecule has 1 heterocycles. The first-order valence-corrected chi connectivity index (χ1v) is 5.94. The number of amides is 2. The summed E-state index contributed by atoms with van der Waals surface area (Å²) in [5.41, 5.74) is -0.152. The third kappa shape index (κ3) is 4.88. The Morgan fingerprint density at radius 3 is 2.53 bits per heavy atom. The van der Waals surface area contributed by atoms with Crippen LogP contribution in [-0.2, 0) is 14.9 Å².